The van der Waals surface area contributed by atoms with E-state index in [0.717, 1.165) is 30.1 Å². The molecule has 0 aromatic carbocycles. The van der Waals surface area contributed by atoms with Crippen molar-refractivity contribution in [3.63, 3.8) is 0 Å². The zero-order chi connectivity index (χ0) is 14.1. The first-order valence-electron chi connectivity index (χ1n) is 7.43. The molecule has 1 aliphatic rings. The van der Waals surface area contributed by atoms with E-state index in [1.165, 1.54) is 12.8 Å². The summed E-state index contributed by atoms with van der Waals surface area (Å²) in [5.41, 5.74) is 2.19. The molecule has 2 aromatic heterocycles. The fourth-order valence-electron chi connectivity index (χ4n) is 2.68. The number of hydrogen-bond donors (Lipinski definition) is 1. The second-order valence-electron chi connectivity index (χ2n) is 6.05. The average molecular weight is 273 g/mol. The van der Waals surface area contributed by atoms with Crippen LogP contribution in [0.5, 0.6) is 0 Å². The lowest BCUT2D eigenvalue weighted by Crippen LogP contribution is -2.36. The fraction of sp³-hybridized carbons (Fsp3) is 0.600. The number of rotatable bonds is 3. The van der Waals surface area contributed by atoms with Gasteiger partial charge < -0.3 is 10.2 Å². The molecule has 0 atom stereocenters. The van der Waals surface area contributed by atoms with Gasteiger partial charge in [-0.1, -0.05) is 13.8 Å². The van der Waals surface area contributed by atoms with E-state index in [2.05, 4.69) is 47.3 Å². The number of likely N-dealkylation sites (tertiary alicyclic amines) is 1. The molecule has 108 valence electrons. The molecule has 5 heteroatoms. The van der Waals surface area contributed by atoms with Crippen LogP contribution in [-0.4, -0.2) is 45.7 Å². The van der Waals surface area contributed by atoms with E-state index in [4.69, 9.17) is 0 Å². The number of aromatic nitrogens is 3. The number of anilines is 1. The summed E-state index contributed by atoms with van der Waals surface area (Å²) >= 11 is 0. The predicted octanol–water partition coefficient (Wildman–Crippen LogP) is 2.36. The molecule has 5 nitrogen and oxygen atoms in total. The van der Waals surface area contributed by atoms with E-state index in [1.807, 2.05) is 16.9 Å². The Hall–Kier alpha value is -1.62. The Kier molecular flexibility index (Phi) is 3.61. The highest BCUT2D eigenvalue weighted by molar-refractivity contribution is 5.68. The largest absolute Gasteiger partial charge is 0.365 e. The van der Waals surface area contributed by atoms with Gasteiger partial charge in [-0.15, -0.1) is 0 Å². The summed E-state index contributed by atoms with van der Waals surface area (Å²) in [7, 11) is 2.18. The molecule has 0 aliphatic carbocycles. The van der Waals surface area contributed by atoms with E-state index < -0.39 is 0 Å². The Balaban J connectivity index is 1.84. The van der Waals surface area contributed by atoms with Gasteiger partial charge in [-0.25, -0.2) is 9.50 Å². The van der Waals surface area contributed by atoms with E-state index >= 15 is 0 Å². The summed E-state index contributed by atoms with van der Waals surface area (Å²) in [6.45, 7) is 6.63. The normalized spacial score (nSPS) is 18.0. The fourth-order valence-corrected chi connectivity index (χ4v) is 2.68. The summed E-state index contributed by atoms with van der Waals surface area (Å²) < 4.78 is 1.93. The third kappa shape index (κ3) is 2.63. The first kappa shape index (κ1) is 13.4. The Bertz CT molecular complexity index is 581. The maximum absolute atomic E-state index is 4.61. The molecule has 1 N–H and O–H groups in total. The van der Waals surface area contributed by atoms with Gasteiger partial charge in [0.05, 0.1) is 5.69 Å². The summed E-state index contributed by atoms with van der Waals surface area (Å²) in [6.07, 6.45) is 6.08. The van der Waals surface area contributed by atoms with Gasteiger partial charge in [0.25, 0.3) is 0 Å². The molecule has 3 heterocycles. The number of hydrogen-bond acceptors (Lipinski definition) is 4. The first-order chi connectivity index (χ1) is 9.63. The van der Waals surface area contributed by atoms with Crippen LogP contribution in [0.1, 0.15) is 38.3 Å². The van der Waals surface area contributed by atoms with Crippen molar-refractivity contribution in [1.82, 2.24) is 19.5 Å². The highest BCUT2D eigenvalue weighted by Crippen LogP contribution is 2.22. The maximum Gasteiger partial charge on any atom is 0.152 e. The van der Waals surface area contributed by atoms with Gasteiger partial charge in [0.2, 0.25) is 0 Å². The second-order valence-corrected chi connectivity index (χ2v) is 6.05. The van der Waals surface area contributed by atoms with Crippen LogP contribution >= 0.6 is 0 Å². The van der Waals surface area contributed by atoms with E-state index in [-0.39, 0.29) is 0 Å². The Morgan fingerprint density at radius 1 is 1.30 bits per heavy atom. The van der Waals surface area contributed by atoms with Gasteiger partial charge in [0, 0.05) is 18.4 Å². The molecular formula is C15H23N5. The highest BCUT2D eigenvalue weighted by atomic mass is 15.2. The van der Waals surface area contributed by atoms with Gasteiger partial charge >= 0.3 is 0 Å². The van der Waals surface area contributed by atoms with Crippen LogP contribution < -0.4 is 5.32 Å². The third-order valence-electron chi connectivity index (χ3n) is 4.06. The van der Waals surface area contributed by atoms with Gasteiger partial charge in [0.15, 0.2) is 5.82 Å². The van der Waals surface area contributed by atoms with Gasteiger partial charge in [-0.3, -0.25) is 0 Å². The van der Waals surface area contributed by atoms with Crippen LogP contribution in [-0.2, 0) is 0 Å². The van der Waals surface area contributed by atoms with Crippen LogP contribution in [0, 0.1) is 0 Å². The van der Waals surface area contributed by atoms with E-state index in [0.29, 0.717) is 12.0 Å². The van der Waals surface area contributed by atoms with E-state index in [1.54, 1.807) is 0 Å². The zero-order valence-electron chi connectivity index (χ0n) is 12.5. The van der Waals surface area contributed by atoms with Gasteiger partial charge in [-0.05, 0) is 45.0 Å². The molecule has 1 saturated heterocycles. The zero-order valence-corrected chi connectivity index (χ0v) is 12.5. The second kappa shape index (κ2) is 5.40. The lowest BCUT2D eigenvalue weighted by molar-refractivity contribution is 0.263. The van der Waals surface area contributed by atoms with Crippen molar-refractivity contribution in [1.29, 1.82) is 0 Å². The molecule has 2 aromatic rings. The smallest absolute Gasteiger partial charge is 0.152 e. The number of nitrogens with one attached hydrogen (secondary N) is 1. The average Bonchev–Trinajstić information content (AvgIpc) is 2.87. The molecule has 1 aliphatic heterocycles. The van der Waals surface area contributed by atoms with Crippen LogP contribution in [0.3, 0.4) is 0 Å². The first-order valence-corrected chi connectivity index (χ1v) is 7.43. The molecule has 20 heavy (non-hydrogen) atoms. The van der Waals surface area contributed by atoms with Crippen molar-refractivity contribution in [2.75, 3.05) is 25.5 Å². The summed E-state index contributed by atoms with van der Waals surface area (Å²) in [4.78, 5) is 6.88. The molecule has 0 spiro atoms. The Morgan fingerprint density at radius 3 is 2.75 bits per heavy atom. The Morgan fingerprint density at radius 2 is 2.05 bits per heavy atom. The SMILES string of the molecule is CC(C)c1cc2c(NC3CCN(C)CC3)nccn2n1. The lowest BCUT2D eigenvalue weighted by Gasteiger charge is -2.29. The van der Waals surface area contributed by atoms with Gasteiger partial charge in [-0.2, -0.15) is 5.10 Å². The lowest BCUT2D eigenvalue weighted by atomic mass is 10.1. The summed E-state index contributed by atoms with van der Waals surface area (Å²) in [6, 6.07) is 2.66. The summed E-state index contributed by atoms with van der Waals surface area (Å²) in [5.74, 6) is 1.40. The quantitative estimate of drug-likeness (QED) is 0.932. The molecule has 0 saturated carbocycles. The predicted molar refractivity (Wildman–Crippen MR) is 81.2 cm³/mol. The molecule has 0 unspecified atom stereocenters. The van der Waals surface area contributed by atoms with Crippen molar-refractivity contribution in [2.45, 2.75) is 38.6 Å². The molecule has 0 radical (unpaired) electrons. The van der Waals surface area contributed by atoms with Crippen molar-refractivity contribution >= 4 is 11.3 Å². The molecule has 0 amide bonds. The number of piperidine rings is 1. The Labute approximate surface area is 120 Å². The molecular weight excluding hydrogens is 250 g/mol. The number of nitrogens with zero attached hydrogens (tertiary/aromatic N) is 4. The molecule has 1 fully saturated rings. The molecule has 0 bridgehead atoms. The van der Waals surface area contributed by atoms with Crippen molar-refractivity contribution in [2.24, 2.45) is 0 Å². The standard InChI is InChI=1S/C15H23N5/c1-11(2)13-10-14-15(16-6-9-20(14)18-13)17-12-4-7-19(3)8-5-12/h6,9-12H,4-5,7-8H2,1-3H3,(H,16,17). The van der Waals surface area contributed by atoms with Crippen LogP contribution in [0.4, 0.5) is 5.82 Å². The highest BCUT2D eigenvalue weighted by Gasteiger charge is 2.18. The van der Waals surface area contributed by atoms with Crippen LogP contribution in [0.2, 0.25) is 0 Å². The minimum Gasteiger partial charge on any atom is -0.365 e. The maximum atomic E-state index is 4.61. The van der Waals surface area contributed by atoms with Crippen LogP contribution in [0.25, 0.3) is 5.52 Å². The third-order valence-corrected chi connectivity index (χ3v) is 4.06. The van der Waals surface area contributed by atoms with Crippen molar-refractivity contribution < 1.29 is 0 Å². The monoisotopic (exact) mass is 273 g/mol. The topological polar surface area (TPSA) is 45.5 Å². The van der Waals surface area contributed by atoms with Crippen molar-refractivity contribution in [3.05, 3.63) is 24.2 Å². The van der Waals surface area contributed by atoms with E-state index in [9.17, 15) is 0 Å². The van der Waals surface area contributed by atoms with Crippen LogP contribution in [0.15, 0.2) is 18.5 Å². The molecule has 3 rings (SSSR count). The summed E-state index contributed by atoms with van der Waals surface area (Å²) in [5, 5.41) is 8.20. The minimum atomic E-state index is 0.436. The minimum absolute atomic E-state index is 0.436. The van der Waals surface area contributed by atoms with Gasteiger partial charge in [0.1, 0.15) is 5.52 Å². The number of fused-ring (bicyclic) bond motifs is 1. The van der Waals surface area contributed by atoms with Crippen molar-refractivity contribution in [3.8, 4) is 0 Å².